The molecular weight excluding hydrogens is 346 g/mol. The molecule has 7 nitrogen and oxygen atoms in total. The van der Waals surface area contributed by atoms with Gasteiger partial charge in [0.15, 0.2) is 5.75 Å². The Kier molecular flexibility index (Phi) is 4.95. The van der Waals surface area contributed by atoms with Crippen LogP contribution in [0.5, 0.6) is 5.75 Å². The maximum atomic E-state index is 12.1. The molecule has 1 unspecified atom stereocenters. The summed E-state index contributed by atoms with van der Waals surface area (Å²) in [6.07, 6.45) is 4.22. The average molecular weight is 371 g/mol. The highest BCUT2D eigenvalue weighted by molar-refractivity contribution is 5.99. The minimum absolute atomic E-state index is 0.0244. The van der Waals surface area contributed by atoms with E-state index >= 15 is 0 Å². The number of para-hydroxylation sites is 1. The van der Waals surface area contributed by atoms with E-state index in [4.69, 9.17) is 0 Å². The zero-order valence-corrected chi connectivity index (χ0v) is 15.8. The first-order chi connectivity index (χ1) is 12.8. The molecule has 0 saturated heterocycles. The molecule has 1 atom stereocenters. The first kappa shape index (κ1) is 18.9. The molecule has 3 rings (SSSR count). The molecule has 0 aromatic heterocycles. The monoisotopic (exact) mass is 371 g/mol. The van der Waals surface area contributed by atoms with Crippen LogP contribution in [0.2, 0.25) is 0 Å². The smallest absolute Gasteiger partial charge is 0.254 e. The molecule has 7 heteroatoms. The molecule has 0 radical (unpaired) electrons. The number of nitrogens with one attached hydrogen (secondary N) is 3. The Morgan fingerprint density at radius 3 is 2.52 bits per heavy atom. The summed E-state index contributed by atoms with van der Waals surface area (Å²) in [5.74, 6) is -0.711. The van der Waals surface area contributed by atoms with Gasteiger partial charge in [-0.05, 0) is 30.4 Å². The molecule has 27 heavy (non-hydrogen) atoms. The lowest BCUT2D eigenvalue weighted by molar-refractivity contribution is 0.0960. The van der Waals surface area contributed by atoms with Gasteiger partial charge in [0.1, 0.15) is 11.4 Å². The van der Waals surface area contributed by atoms with Gasteiger partial charge in [-0.1, -0.05) is 32.8 Å². The van der Waals surface area contributed by atoms with Crippen LogP contribution in [0.3, 0.4) is 0 Å². The minimum atomic E-state index is -0.629. The number of phenols is 1. The molecule has 1 amide bonds. The van der Waals surface area contributed by atoms with Crippen molar-refractivity contribution in [3.05, 3.63) is 44.2 Å². The highest BCUT2D eigenvalue weighted by Gasteiger charge is 2.34. The number of carbonyl (C=O) groups excluding carboxylic acids is 1. The number of carbonyl (C=O) groups is 1. The summed E-state index contributed by atoms with van der Waals surface area (Å²) in [5.41, 5.74) is -0.485. The number of benzene rings is 1. The fourth-order valence-electron chi connectivity index (χ4n) is 3.68. The second-order valence-electron chi connectivity index (χ2n) is 7.75. The van der Waals surface area contributed by atoms with E-state index in [2.05, 4.69) is 29.8 Å². The standard InChI is InChI=1S/C20H25N3O4/c1-20(2)10-5-4-9-13(20)23-15-14(17(25)18(15)26)22-12-8-6-7-11(16(12)24)19(27)21-3/h6-8,13,22-24H,4-5,9-10H2,1-3H3,(H,21,27). The summed E-state index contributed by atoms with van der Waals surface area (Å²) in [4.78, 5) is 36.0. The Morgan fingerprint density at radius 1 is 1.15 bits per heavy atom. The molecular formula is C20H25N3O4. The van der Waals surface area contributed by atoms with Crippen molar-refractivity contribution in [3.8, 4) is 5.75 Å². The average Bonchev–Trinajstić information content (AvgIpc) is 2.65. The van der Waals surface area contributed by atoms with E-state index in [9.17, 15) is 19.5 Å². The van der Waals surface area contributed by atoms with E-state index in [-0.39, 0.29) is 39.8 Å². The Bertz CT molecular complexity index is 941. The summed E-state index contributed by atoms with van der Waals surface area (Å²) >= 11 is 0. The lowest BCUT2D eigenvalue weighted by atomic mass is 9.73. The first-order valence-corrected chi connectivity index (χ1v) is 9.17. The fraction of sp³-hybridized carbons (Fsp3) is 0.450. The van der Waals surface area contributed by atoms with Gasteiger partial charge in [0.05, 0.1) is 11.3 Å². The van der Waals surface area contributed by atoms with E-state index in [0.717, 1.165) is 25.7 Å². The molecule has 0 spiro atoms. The number of anilines is 3. The van der Waals surface area contributed by atoms with E-state index in [1.165, 1.54) is 13.1 Å². The largest absolute Gasteiger partial charge is 0.505 e. The molecule has 1 aliphatic carbocycles. The normalized spacial score (nSPS) is 18.9. The number of hydrogen-bond donors (Lipinski definition) is 4. The lowest BCUT2D eigenvalue weighted by Crippen LogP contribution is -2.44. The quantitative estimate of drug-likeness (QED) is 0.475. The van der Waals surface area contributed by atoms with Crippen molar-refractivity contribution >= 4 is 23.0 Å². The van der Waals surface area contributed by atoms with Crippen LogP contribution in [-0.4, -0.2) is 24.1 Å². The molecule has 0 heterocycles. The lowest BCUT2D eigenvalue weighted by Gasteiger charge is -2.40. The molecule has 0 aliphatic heterocycles. The highest BCUT2D eigenvalue weighted by atomic mass is 16.3. The van der Waals surface area contributed by atoms with Gasteiger partial charge < -0.3 is 21.1 Å². The molecule has 144 valence electrons. The van der Waals surface area contributed by atoms with Crippen LogP contribution in [-0.2, 0) is 0 Å². The van der Waals surface area contributed by atoms with E-state index < -0.39 is 16.8 Å². The summed E-state index contributed by atoms with van der Waals surface area (Å²) in [5, 5.41) is 18.9. The van der Waals surface area contributed by atoms with Crippen LogP contribution in [0.25, 0.3) is 0 Å². The van der Waals surface area contributed by atoms with Crippen molar-refractivity contribution in [2.45, 2.75) is 45.6 Å². The predicted molar refractivity (Wildman–Crippen MR) is 106 cm³/mol. The van der Waals surface area contributed by atoms with Crippen LogP contribution in [0.4, 0.5) is 17.1 Å². The molecule has 1 saturated carbocycles. The van der Waals surface area contributed by atoms with Crippen molar-refractivity contribution in [3.63, 3.8) is 0 Å². The van der Waals surface area contributed by atoms with Gasteiger partial charge in [0.2, 0.25) is 0 Å². The summed E-state index contributed by atoms with van der Waals surface area (Å²) < 4.78 is 0. The first-order valence-electron chi connectivity index (χ1n) is 9.17. The van der Waals surface area contributed by atoms with Crippen molar-refractivity contribution in [2.75, 3.05) is 17.7 Å². The number of amides is 1. The van der Waals surface area contributed by atoms with Crippen molar-refractivity contribution in [2.24, 2.45) is 5.41 Å². The number of hydrogen-bond acceptors (Lipinski definition) is 6. The molecule has 2 aromatic carbocycles. The molecule has 2 aromatic rings. The Hall–Kier alpha value is -2.83. The second kappa shape index (κ2) is 7.06. The van der Waals surface area contributed by atoms with E-state index in [1.807, 2.05) is 0 Å². The maximum absolute atomic E-state index is 12.1. The number of rotatable bonds is 5. The fourth-order valence-corrected chi connectivity index (χ4v) is 3.68. The molecule has 0 bridgehead atoms. The van der Waals surface area contributed by atoms with Crippen LogP contribution in [0, 0.1) is 5.41 Å². The van der Waals surface area contributed by atoms with E-state index in [1.54, 1.807) is 12.1 Å². The van der Waals surface area contributed by atoms with Crippen LogP contribution < -0.4 is 26.8 Å². The third kappa shape index (κ3) is 3.41. The van der Waals surface area contributed by atoms with Crippen LogP contribution in [0.1, 0.15) is 49.9 Å². The summed E-state index contributed by atoms with van der Waals surface area (Å²) in [6.45, 7) is 4.31. The van der Waals surface area contributed by atoms with Crippen molar-refractivity contribution in [1.82, 2.24) is 5.32 Å². The maximum Gasteiger partial charge on any atom is 0.254 e. The third-order valence-electron chi connectivity index (χ3n) is 5.50. The van der Waals surface area contributed by atoms with Crippen molar-refractivity contribution in [1.29, 1.82) is 0 Å². The van der Waals surface area contributed by atoms with Gasteiger partial charge in [-0.15, -0.1) is 0 Å². The van der Waals surface area contributed by atoms with Gasteiger partial charge >= 0.3 is 0 Å². The van der Waals surface area contributed by atoms with Gasteiger partial charge in [-0.3, -0.25) is 14.4 Å². The van der Waals surface area contributed by atoms with Gasteiger partial charge in [0.25, 0.3) is 16.8 Å². The Labute approximate surface area is 157 Å². The summed E-state index contributed by atoms with van der Waals surface area (Å²) in [6, 6.07) is 4.72. The van der Waals surface area contributed by atoms with Gasteiger partial charge in [-0.25, -0.2) is 0 Å². The zero-order chi connectivity index (χ0) is 19.8. The van der Waals surface area contributed by atoms with Crippen LogP contribution >= 0.6 is 0 Å². The zero-order valence-electron chi connectivity index (χ0n) is 15.8. The van der Waals surface area contributed by atoms with Gasteiger partial charge in [-0.2, -0.15) is 0 Å². The topological polar surface area (TPSA) is 108 Å². The highest BCUT2D eigenvalue weighted by Crippen LogP contribution is 2.38. The molecule has 1 aliphatic rings. The molecule has 4 N–H and O–H groups in total. The number of phenolic OH excluding ortho intramolecular Hbond substituents is 1. The van der Waals surface area contributed by atoms with Gasteiger partial charge in [0, 0.05) is 13.1 Å². The third-order valence-corrected chi connectivity index (χ3v) is 5.50. The second-order valence-corrected chi connectivity index (χ2v) is 7.75. The Morgan fingerprint density at radius 2 is 1.85 bits per heavy atom. The molecule has 1 fully saturated rings. The number of aromatic hydroxyl groups is 1. The van der Waals surface area contributed by atoms with Crippen molar-refractivity contribution < 1.29 is 9.90 Å². The van der Waals surface area contributed by atoms with Crippen LogP contribution in [0.15, 0.2) is 27.8 Å². The van der Waals surface area contributed by atoms with E-state index in [0.29, 0.717) is 0 Å². The summed E-state index contributed by atoms with van der Waals surface area (Å²) in [7, 11) is 1.46. The minimum Gasteiger partial charge on any atom is -0.505 e. The Balaban J connectivity index is 1.88. The predicted octanol–water partition coefficient (Wildman–Crippen LogP) is 2.47. The SMILES string of the molecule is CNC(=O)c1cccc(Nc2c(NC3CCCCC3(C)C)c(=O)c2=O)c1O.